The van der Waals surface area contributed by atoms with Crippen LogP contribution in [0, 0.1) is 5.92 Å². The molecule has 2 unspecified atom stereocenters. The second-order valence-electron chi connectivity index (χ2n) is 4.85. The zero-order valence-electron chi connectivity index (χ0n) is 9.21. The van der Waals surface area contributed by atoms with E-state index in [-0.39, 0.29) is 0 Å². The standard InChI is InChI=1S/C11H23NO/c1-4-10(2)8-12-7-5-6-11(3,13)9-12/h10,13H,4-9H2,1-3H3. The highest BCUT2D eigenvalue weighted by atomic mass is 16.3. The molecule has 1 N–H and O–H groups in total. The minimum atomic E-state index is -0.439. The highest BCUT2D eigenvalue weighted by Gasteiger charge is 2.28. The van der Waals surface area contributed by atoms with E-state index in [1.807, 2.05) is 6.92 Å². The van der Waals surface area contributed by atoms with E-state index in [0.29, 0.717) is 0 Å². The van der Waals surface area contributed by atoms with Crippen molar-refractivity contribution in [2.75, 3.05) is 19.6 Å². The normalized spacial score (nSPS) is 33.2. The van der Waals surface area contributed by atoms with Crippen LogP contribution >= 0.6 is 0 Å². The third-order valence-corrected chi connectivity index (χ3v) is 3.02. The monoisotopic (exact) mass is 185 g/mol. The lowest BCUT2D eigenvalue weighted by atomic mass is 9.94. The van der Waals surface area contributed by atoms with E-state index >= 15 is 0 Å². The maximum atomic E-state index is 9.89. The molecule has 1 aliphatic heterocycles. The Morgan fingerprint density at radius 2 is 2.23 bits per heavy atom. The lowest BCUT2D eigenvalue weighted by molar-refractivity contribution is -0.0193. The van der Waals surface area contributed by atoms with Crippen LogP contribution in [0.4, 0.5) is 0 Å². The molecule has 1 aliphatic rings. The molecule has 0 aliphatic carbocycles. The van der Waals surface area contributed by atoms with Crippen molar-refractivity contribution in [3.63, 3.8) is 0 Å². The van der Waals surface area contributed by atoms with Gasteiger partial charge in [0.25, 0.3) is 0 Å². The second-order valence-corrected chi connectivity index (χ2v) is 4.85. The van der Waals surface area contributed by atoms with Crippen LogP contribution in [-0.4, -0.2) is 35.2 Å². The van der Waals surface area contributed by atoms with E-state index in [4.69, 9.17) is 0 Å². The molecule has 0 bridgehead atoms. The number of hydrogen-bond acceptors (Lipinski definition) is 2. The summed E-state index contributed by atoms with van der Waals surface area (Å²) in [5, 5.41) is 9.89. The molecule has 0 spiro atoms. The number of rotatable bonds is 3. The first-order valence-corrected chi connectivity index (χ1v) is 5.48. The van der Waals surface area contributed by atoms with Crippen molar-refractivity contribution < 1.29 is 5.11 Å². The summed E-state index contributed by atoms with van der Waals surface area (Å²) in [5.74, 6) is 0.758. The molecule has 2 atom stereocenters. The van der Waals surface area contributed by atoms with Gasteiger partial charge in [0, 0.05) is 13.1 Å². The summed E-state index contributed by atoms with van der Waals surface area (Å²) in [5.41, 5.74) is -0.439. The number of likely N-dealkylation sites (tertiary alicyclic amines) is 1. The van der Waals surface area contributed by atoms with E-state index in [9.17, 15) is 5.11 Å². The summed E-state index contributed by atoms with van der Waals surface area (Å²) in [7, 11) is 0. The fourth-order valence-electron chi connectivity index (χ4n) is 2.05. The van der Waals surface area contributed by atoms with Gasteiger partial charge >= 0.3 is 0 Å². The summed E-state index contributed by atoms with van der Waals surface area (Å²) in [6.07, 6.45) is 3.34. The molecular formula is C11H23NO. The van der Waals surface area contributed by atoms with Crippen molar-refractivity contribution in [3.05, 3.63) is 0 Å². The van der Waals surface area contributed by atoms with Gasteiger partial charge in [-0.25, -0.2) is 0 Å². The Morgan fingerprint density at radius 1 is 1.54 bits per heavy atom. The van der Waals surface area contributed by atoms with Gasteiger partial charge in [-0.15, -0.1) is 0 Å². The molecule has 0 aromatic heterocycles. The molecule has 1 rings (SSSR count). The van der Waals surface area contributed by atoms with Gasteiger partial charge in [-0.05, 0) is 32.2 Å². The summed E-state index contributed by atoms with van der Waals surface area (Å²) >= 11 is 0. The first-order chi connectivity index (χ1) is 6.03. The molecule has 0 aromatic rings. The lowest BCUT2D eigenvalue weighted by Crippen LogP contribution is -2.47. The van der Waals surface area contributed by atoms with Crippen LogP contribution in [0.2, 0.25) is 0 Å². The summed E-state index contributed by atoms with van der Waals surface area (Å²) < 4.78 is 0. The number of β-amino-alcohol motifs (C(OH)–C–C–N with tert-alkyl or cyclic N) is 1. The third-order valence-electron chi connectivity index (χ3n) is 3.02. The van der Waals surface area contributed by atoms with Crippen molar-refractivity contribution in [2.24, 2.45) is 5.92 Å². The summed E-state index contributed by atoms with van der Waals surface area (Å²) in [6.45, 7) is 9.64. The Balaban J connectivity index is 2.34. The number of nitrogens with zero attached hydrogens (tertiary/aromatic N) is 1. The van der Waals surface area contributed by atoms with Crippen LogP contribution < -0.4 is 0 Å². The minimum Gasteiger partial charge on any atom is -0.389 e. The Hall–Kier alpha value is -0.0800. The van der Waals surface area contributed by atoms with Crippen LogP contribution in [0.3, 0.4) is 0 Å². The fraction of sp³-hybridized carbons (Fsp3) is 1.00. The van der Waals surface area contributed by atoms with E-state index in [1.165, 1.54) is 13.0 Å². The van der Waals surface area contributed by atoms with Crippen LogP contribution in [0.1, 0.15) is 40.0 Å². The molecule has 2 heteroatoms. The number of aliphatic hydroxyl groups is 1. The molecule has 0 saturated carbocycles. The summed E-state index contributed by atoms with van der Waals surface area (Å²) in [4.78, 5) is 2.40. The van der Waals surface area contributed by atoms with Crippen LogP contribution in [0.25, 0.3) is 0 Å². The number of piperidine rings is 1. The van der Waals surface area contributed by atoms with Crippen LogP contribution in [0.15, 0.2) is 0 Å². The van der Waals surface area contributed by atoms with Crippen molar-refractivity contribution in [2.45, 2.75) is 45.6 Å². The van der Waals surface area contributed by atoms with E-state index in [1.54, 1.807) is 0 Å². The molecule has 1 heterocycles. The molecule has 78 valence electrons. The number of hydrogen-bond donors (Lipinski definition) is 1. The van der Waals surface area contributed by atoms with Crippen molar-refractivity contribution >= 4 is 0 Å². The average Bonchev–Trinajstić information content (AvgIpc) is 2.02. The zero-order chi connectivity index (χ0) is 9.90. The van der Waals surface area contributed by atoms with Crippen molar-refractivity contribution in [1.82, 2.24) is 4.90 Å². The first-order valence-electron chi connectivity index (χ1n) is 5.48. The van der Waals surface area contributed by atoms with E-state index < -0.39 is 5.60 Å². The quantitative estimate of drug-likeness (QED) is 0.725. The Bertz CT molecular complexity index is 156. The van der Waals surface area contributed by atoms with E-state index in [0.717, 1.165) is 31.8 Å². The van der Waals surface area contributed by atoms with Gasteiger partial charge < -0.3 is 10.0 Å². The van der Waals surface area contributed by atoms with Gasteiger partial charge in [0.1, 0.15) is 0 Å². The highest BCUT2D eigenvalue weighted by Crippen LogP contribution is 2.21. The molecular weight excluding hydrogens is 162 g/mol. The second kappa shape index (κ2) is 4.43. The predicted octanol–water partition coefficient (Wildman–Crippen LogP) is 1.88. The molecule has 0 radical (unpaired) electrons. The van der Waals surface area contributed by atoms with Crippen molar-refractivity contribution in [3.8, 4) is 0 Å². The molecule has 1 saturated heterocycles. The van der Waals surface area contributed by atoms with Gasteiger partial charge in [-0.2, -0.15) is 0 Å². The Labute approximate surface area is 81.9 Å². The van der Waals surface area contributed by atoms with Crippen molar-refractivity contribution in [1.29, 1.82) is 0 Å². The Morgan fingerprint density at radius 3 is 2.77 bits per heavy atom. The van der Waals surface area contributed by atoms with Gasteiger partial charge in [0.15, 0.2) is 0 Å². The van der Waals surface area contributed by atoms with E-state index in [2.05, 4.69) is 18.7 Å². The lowest BCUT2D eigenvalue weighted by Gasteiger charge is -2.37. The van der Waals surface area contributed by atoms with Crippen LogP contribution in [-0.2, 0) is 0 Å². The molecule has 2 nitrogen and oxygen atoms in total. The third kappa shape index (κ3) is 3.65. The molecule has 1 fully saturated rings. The van der Waals surface area contributed by atoms with Gasteiger partial charge in [-0.1, -0.05) is 20.3 Å². The Kier molecular flexibility index (Phi) is 3.74. The first kappa shape index (κ1) is 11.0. The fourth-order valence-corrected chi connectivity index (χ4v) is 2.05. The zero-order valence-corrected chi connectivity index (χ0v) is 9.21. The largest absolute Gasteiger partial charge is 0.389 e. The predicted molar refractivity (Wildman–Crippen MR) is 55.8 cm³/mol. The highest BCUT2D eigenvalue weighted by molar-refractivity contribution is 4.83. The topological polar surface area (TPSA) is 23.5 Å². The molecule has 13 heavy (non-hydrogen) atoms. The van der Waals surface area contributed by atoms with Gasteiger partial charge in [0.05, 0.1) is 5.60 Å². The average molecular weight is 185 g/mol. The minimum absolute atomic E-state index is 0.439. The molecule has 0 aromatic carbocycles. The summed E-state index contributed by atoms with van der Waals surface area (Å²) in [6, 6.07) is 0. The maximum Gasteiger partial charge on any atom is 0.0746 e. The maximum absolute atomic E-state index is 9.89. The smallest absolute Gasteiger partial charge is 0.0746 e. The molecule has 0 amide bonds. The SMILES string of the molecule is CCC(C)CN1CCCC(C)(O)C1. The van der Waals surface area contributed by atoms with Gasteiger partial charge in [-0.3, -0.25) is 0 Å². The van der Waals surface area contributed by atoms with Crippen LogP contribution in [0.5, 0.6) is 0 Å². The van der Waals surface area contributed by atoms with Gasteiger partial charge in [0.2, 0.25) is 0 Å².